The van der Waals surface area contributed by atoms with Gasteiger partial charge < -0.3 is 15.5 Å². The minimum absolute atomic E-state index is 0.0923. The van der Waals surface area contributed by atoms with E-state index >= 15 is 4.39 Å². The van der Waals surface area contributed by atoms with Crippen molar-refractivity contribution in [1.82, 2.24) is 15.2 Å². The number of aromatic nitrogens is 1. The van der Waals surface area contributed by atoms with Crippen LogP contribution in [0.25, 0.3) is 0 Å². The zero-order chi connectivity index (χ0) is 21.0. The number of hydrogen-bond donors (Lipinski definition) is 2. The number of anilines is 1. The summed E-state index contributed by atoms with van der Waals surface area (Å²) in [4.78, 5) is 18.9. The number of hydrogen-bond acceptors (Lipinski definition) is 4. The largest absolute Gasteiger partial charge is 0.373 e. The average Bonchev–Trinajstić information content (AvgIpc) is 2.71. The van der Waals surface area contributed by atoms with Crippen molar-refractivity contribution in [2.24, 2.45) is 0 Å². The van der Waals surface area contributed by atoms with E-state index in [1.54, 1.807) is 17.0 Å². The number of likely N-dealkylation sites (tertiary alicyclic amines) is 1. The maximum Gasteiger partial charge on any atom is 0.253 e. The van der Waals surface area contributed by atoms with Crippen molar-refractivity contribution in [3.8, 4) is 0 Å². The molecule has 0 atom stereocenters. The molecule has 0 aliphatic carbocycles. The average molecular weight is 419 g/mol. The Morgan fingerprint density at radius 1 is 1.21 bits per heavy atom. The predicted octanol–water partition coefficient (Wildman–Crippen LogP) is 4.13. The molecule has 1 aromatic heterocycles. The summed E-state index contributed by atoms with van der Waals surface area (Å²) < 4.78 is 15.2. The molecular formula is C22H28ClFN4O. The second-order valence-corrected chi connectivity index (χ2v) is 8.14. The Hall–Kier alpha value is -2.18. The molecule has 0 bridgehead atoms. The Balaban J connectivity index is 1.51. The molecule has 7 heteroatoms. The Bertz CT molecular complexity index is 881. The minimum atomic E-state index is -1.32. The van der Waals surface area contributed by atoms with Gasteiger partial charge in [-0.3, -0.25) is 4.79 Å². The Labute approximate surface area is 176 Å². The van der Waals surface area contributed by atoms with Crippen molar-refractivity contribution in [3.05, 3.63) is 57.7 Å². The van der Waals surface area contributed by atoms with Gasteiger partial charge in [-0.25, -0.2) is 9.37 Å². The van der Waals surface area contributed by atoms with Gasteiger partial charge >= 0.3 is 0 Å². The second kappa shape index (κ2) is 9.09. The number of alkyl halides is 1. The lowest BCUT2D eigenvalue weighted by atomic mass is 9.92. The van der Waals surface area contributed by atoms with Crippen molar-refractivity contribution in [2.75, 3.05) is 32.0 Å². The summed E-state index contributed by atoms with van der Waals surface area (Å²) in [7, 11) is 1.84. The highest BCUT2D eigenvalue weighted by molar-refractivity contribution is 6.31. The molecule has 5 nitrogen and oxygen atoms in total. The van der Waals surface area contributed by atoms with Gasteiger partial charge in [0.1, 0.15) is 11.5 Å². The lowest BCUT2D eigenvalue weighted by Gasteiger charge is -2.36. The molecular weight excluding hydrogens is 391 g/mol. The van der Waals surface area contributed by atoms with Gasteiger partial charge in [0, 0.05) is 56.7 Å². The Morgan fingerprint density at radius 2 is 1.90 bits per heavy atom. The van der Waals surface area contributed by atoms with Crippen LogP contribution in [0.3, 0.4) is 0 Å². The van der Waals surface area contributed by atoms with Crippen LogP contribution in [0.2, 0.25) is 5.02 Å². The minimum Gasteiger partial charge on any atom is -0.373 e. The third-order valence-corrected chi connectivity index (χ3v) is 5.91. The molecule has 1 fully saturated rings. The van der Waals surface area contributed by atoms with Gasteiger partial charge in [0.2, 0.25) is 0 Å². The molecule has 0 saturated carbocycles. The van der Waals surface area contributed by atoms with Crippen LogP contribution in [0.1, 0.15) is 40.0 Å². The first-order valence-corrected chi connectivity index (χ1v) is 10.3. The fraction of sp³-hybridized carbons (Fsp3) is 0.455. The quantitative estimate of drug-likeness (QED) is 0.740. The number of piperidine rings is 1. The van der Waals surface area contributed by atoms with Crippen LogP contribution in [0.5, 0.6) is 0 Å². The highest BCUT2D eigenvalue weighted by Gasteiger charge is 2.35. The molecule has 2 heterocycles. The Morgan fingerprint density at radius 3 is 2.55 bits per heavy atom. The molecule has 0 spiro atoms. The summed E-state index contributed by atoms with van der Waals surface area (Å²) >= 11 is 6.13. The van der Waals surface area contributed by atoms with E-state index in [1.807, 2.05) is 39.1 Å². The molecule has 2 N–H and O–H groups in total. The van der Waals surface area contributed by atoms with E-state index in [0.717, 1.165) is 22.6 Å². The van der Waals surface area contributed by atoms with E-state index in [1.165, 1.54) is 0 Å². The molecule has 2 aromatic rings. The third kappa shape index (κ3) is 5.25. The third-order valence-electron chi connectivity index (χ3n) is 5.50. The topological polar surface area (TPSA) is 57.3 Å². The van der Waals surface area contributed by atoms with E-state index in [4.69, 9.17) is 11.6 Å². The summed E-state index contributed by atoms with van der Waals surface area (Å²) in [5.41, 5.74) is 2.10. The molecule has 0 radical (unpaired) electrons. The zero-order valence-corrected chi connectivity index (χ0v) is 17.9. The fourth-order valence-corrected chi connectivity index (χ4v) is 3.71. The molecule has 156 valence electrons. The molecule has 3 rings (SSSR count). The van der Waals surface area contributed by atoms with Crippen LogP contribution in [0.4, 0.5) is 10.2 Å². The SMILES string of the molecule is CNc1nc(CNCC2(F)CCN(C(=O)c3ccc(C)c(Cl)c3)CC2)ccc1C. The summed E-state index contributed by atoms with van der Waals surface area (Å²) in [5.74, 6) is 0.743. The first-order chi connectivity index (χ1) is 13.8. The van der Waals surface area contributed by atoms with E-state index in [-0.39, 0.29) is 12.5 Å². The first-order valence-electron chi connectivity index (χ1n) is 9.91. The number of amides is 1. The van der Waals surface area contributed by atoms with Crippen LogP contribution >= 0.6 is 11.6 Å². The molecule has 1 aliphatic rings. The molecule has 29 heavy (non-hydrogen) atoms. The number of rotatable bonds is 6. The zero-order valence-electron chi connectivity index (χ0n) is 17.2. The van der Waals surface area contributed by atoms with Crippen LogP contribution in [-0.4, -0.2) is 48.1 Å². The Kier molecular flexibility index (Phi) is 6.75. The van der Waals surface area contributed by atoms with Crippen LogP contribution in [0, 0.1) is 13.8 Å². The van der Waals surface area contributed by atoms with Gasteiger partial charge in [-0.15, -0.1) is 0 Å². The molecule has 1 amide bonds. The number of carbonyl (C=O) groups excluding carboxylic acids is 1. The van der Waals surface area contributed by atoms with Crippen LogP contribution in [0.15, 0.2) is 30.3 Å². The van der Waals surface area contributed by atoms with Gasteiger partial charge in [-0.05, 0) is 43.2 Å². The van der Waals surface area contributed by atoms with Crippen molar-refractivity contribution in [1.29, 1.82) is 0 Å². The van der Waals surface area contributed by atoms with E-state index in [2.05, 4.69) is 15.6 Å². The first kappa shape index (κ1) is 21.5. The number of pyridine rings is 1. The monoisotopic (exact) mass is 418 g/mol. The second-order valence-electron chi connectivity index (χ2n) is 7.73. The maximum absolute atomic E-state index is 15.2. The number of benzene rings is 1. The number of aryl methyl sites for hydroxylation is 2. The highest BCUT2D eigenvalue weighted by atomic mass is 35.5. The van der Waals surface area contributed by atoms with Crippen LogP contribution < -0.4 is 10.6 Å². The van der Waals surface area contributed by atoms with Gasteiger partial charge in [0.15, 0.2) is 0 Å². The van der Waals surface area contributed by atoms with E-state index in [0.29, 0.717) is 43.1 Å². The lowest BCUT2D eigenvalue weighted by molar-refractivity contribution is 0.0434. The number of carbonyl (C=O) groups is 1. The molecule has 0 unspecified atom stereocenters. The summed E-state index contributed by atoms with van der Waals surface area (Å²) in [6.07, 6.45) is 0.628. The fourth-order valence-electron chi connectivity index (χ4n) is 3.53. The van der Waals surface area contributed by atoms with Gasteiger partial charge in [-0.1, -0.05) is 23.7 Å². The molecule has 1 aromatic carbocycles. The lowest BCUT2D eigenvalue weighted by Crippen LogP contribution is -2.48. The summed E-state index contributed by atoms with van der Waals surface area (Å²) in [5, 5.41) is 6.82. The van der Waals surface area contributed by atoms with Crippen molar-refractivity contribution in [3.63, 3.8) is 0 Å². The van der Waals surface area contributed by atoms with E-state index in [9.17, 15) is 4.79 Å². The summed E-state index contributed by atoms with van der Waals surface area (Å²) in [6, 6.07) is 9.24. The normalized spacial score (nSPS) is 16.0. The smallest absolute Gasteiger partial charge is 0.253 e. The number of halogens is 2. The van der Waals surface area contributed by atoms with Crippen LogP contribution in [-0.2, 0) is 6.54 Å². The van der Waals surface area contributed by atoms with Crippen molar-refractivity contribution in [2.45, 2.75) is 38.9 Å². The highest BCUT2D eigenvalue weighted by Crippen LogP contribution is 2.27. The number of nitrogens with zero attached hydrogens (tertiary/aromatic N) is 2. The predicted molar refractivity (Wildman–Crippen MR) is 115 cm³/mol. The van der Waals surface area contributed by atoms with Gasteiger partial charge in [-0.2, -0.15) is 0 Å². The van der Waals surface area contributed by atoms with Crippen molar-refractivity contribution < 1.29 is 9.18 Å². The maximum atomic E-state index is 15.2. The van der Waals surface area contributed by atoms with E-state index < -0.39 is 5.67 Å². The summed E-state index contributed by atoms with van der Waals surface area (Å²) in [6.45, 7) is 5.44. The van der Waals surface area contributed by atoms with Crippen molar-refractivity contribution >= 4 is 23.3 Å². The van der Waals surface area contributed by atoms with Gasteiger partial charge in [0.25, 0.3) is 5.91 Å². The van der Waals surface area contributed by atoms with Gasteiger partial charge in [0.05, 0.1) is 5.69 Å². The molecule has 1 saturated heterocycles. The standard InChI is InChI=1S/C22H28ClFN4O/c1-15-4-6-17(12-19(15)23)21(29)28-10-8-22(24,9-11-28)14-26-13-18-7-5-16(2)20(25-3)27-18/h4-7,12,26H,8-11,13-14H2,1-3H3,(H,25,27). The number of nitrogens with one attached hydrogen (secondary N) is 2. The molecule has 1 aliphatic heterocycles.